The summed E-state index contributed by atoms with van der Waals surface area (Å²) in [6.45, 7) is 7.80. The number of ether oxygens (including phenoxy) is 3. The zero-order valence-corrected chi connectivity index (χ0v) is 21.4. The molecule has 6 heteroatoms. The van der Waals surface area contributed by atoms with E-state index in [9.17, 15) is 14.4 Å². The molecule has 0 aromatic heterocycles. The van der Waals surface area contributed by atoms with Gasteiger partial charge in [0.2, 0.25) is 0 Å². The van der Waals surface area contributed by atoms with Gasteiger partial charge in [-0.1, -0.05) is 72.8 Å². The first-order valence-electron chi connectivity index (χ1n) is 11.8. The van der Waals surface area contributed by atoms with Crippen molar-refractivity contribution in [2.45, 2.75) is 40.0 Å². The van der Waals surface area contributed by atoms with Gasteiger partial charge < -0.3 is 14.2 Å². The lowest BCUT2D eigenvalue weighted by atomic mass is 10.1. The molecule has 37 heavy (non-hydrogen) atoms. The Balaban J connectivity index is 0.000000312. The molecule has 0 fully saturated rings. The van der Waals surface area contributed by atoms with Crippen LogP contribution in [-0.2, 0) is 33.6 Å². The monoisotopic (exact) mass is 500 g/mol. The Labute approximate surface area is 218 Å². The highest BCUT2D eigenvalue weighted by Crippen LogP contribution is 2.21. The highest BCUT2D eigenvalue weighted by Gasteiger charge is 2.06. The number of carbonyl (C=O) groups is 3. The maximum absolute atomic E-state index is 11.1. The van der Waals surface area contributed by atoms with E-state index in [2.05, 4.69) is 6.58 Å². The number of allylic oxidation sites excluding steroid dienone is 3. The molecule has 0 saturated heterocycles. The molecule has 6 nitrogen and oxygen atoms in total. The van der Waals surface area contributed by atoms with Crippen molar-refractivity contribution in [2.24, 2.45) is 0 Å². The van der Waals surface area contributed by atoms with Crippen molar-refractivity contribution in [1.29, 1.82) is 0 Å². The predicted molar refractivity (Wildman–Crippen MR) is 144 cm³/mol. The molecule has 0 heterocycles. The summed E-state index contributed by atoms with van der Waals surface area (Å²) in [7, 11) is 0. The maximum atomic E-state index is 11.1. The van der Waals surface area contributed by atoms with Gasteiger partial charge in [-0.05, 0) is 54.2 Å². The van der Waals surface area contributed by atoms with E-state index in [0.717, 1.165) is 16.7 Å². The van der Waals surface area contributed by atoms with E-state index in [4.69, 9.17) is 14.2 Å². The molecule has 0 amide bonds. The quantitative estimate of drug-likeness (QED) is 0.197. The average molecular weight is 501 g/mol. The number of esters is 3. The SMILES string of the molecule is C=CCc1ccccc1OC(C)=O.CC(=O)Oc1ccccc1CC=CCc1ccccc1OC(C)=O. The molecular formula is C31H32O6. The third-order valence-corrected chi connectivity index (χ3v) is 4.89. The molecule has 0 aliphatic heterocycles. The molecule has 3 rings (SSSR count). The van der Waals surface area contributed by atoms with Gasteiger partial charge in [0.05, 0.1) is 0 Å². The van der Waals surface area contributed by atoms with Gasteiger partial charge in [-0.25, -0.2) is 0 Å². The van der Waals surface area contributed by atoms with Crippen molar-refractivity contribution >= 4 is 17.9 Å². The molecule has 192 valence electrons. The number of para-hydroxylation sites is 3. The van der Waals surface area contributed by atoms with Crippen LogP contribution >= 0.6 is 0 Å². The van der Waals surface area contributed by atoms with Gasteiger partial charge in [-0.3, -0.25) is 14.4 Å². The molecule has 3 aromatic carbocycles. The Bertz CT molecular complexity index is 1180. The van der Waals surface area contributed by atoms with Crippen molar-refractivity contribution in [3.05, 3.63) is 114 Å². The summed E-state index contributed by atoms with van der Waals surface area (Å²) in [6, 6.07) is 22.3. The molecule has 0 radical (unpaired) electrons. The summed E-state index contributed by atoms with van der Waals surface area (Å²) in [5, 5.41) is 0. The van der Waals surface area contributed by atoms with Crippen LogP contribution in [-0.4, -0.2) is 17.9 Å². The van der Waals surface area contributed by atoms with Crippen LogP contribution in [0.25, 0.3) is 0 Å². The van der Waals surface area contributed by atoms with Crippen molar-refractivity contribution < 1.29 is 28.6 Å². The molecule has 0 aliphatic carbocycles. The van der Waals surface area contributed by atoms with Crippen molar-refractivity contribution in [3.63, 3.8) is 0 Å². The smallest absolute Gasteiger partial charge is 0.308 e. The van der Waals surface area contributed by atoms with Gasteiger partial charge in [-0.2, -0.15) is 0 Å². The first-order valence-corrected chi connectivity index (χ1v) is 11.8. The van der Waals surface area contributed by atoms with Crippen LogP contribution in [0.1, 0.15) is 37.5 Å². The summed E-state index contributed by atoms with van der Waals surface area (Å²) < 4.78 is 15.4. The number of benzene rings is 3. The normalized spacial score (nSPS) is 10.1. The summed E-state index contributed by atoms with van der Waals surface area (Å²) in [5.41, 5.74) is 2.86. The number of hydrogen-bond acceptors (Lipinski definition) is 6. The van der Waals surface area contributed by atoms with E-state index >= 15 is 0 Å². The summed E-state index contributed by atoms with van der Waals surface area (Å²) in [4.78, 5) is 33.0. The minimum absolute atomic E-state index is 0.295. The Morgan fingerprint density at radius 3 is 1.16 bits per heavy atom. The first kappa shape index (κ1) is 28.8. The highest BCUT2D eigenvalue weighted by molar-refractivity contribution is 5.70. The topological polar surface area (TPSA) is 78.9 Å². The van der Waals surface area contributed by atoms with Crippen LogP contribution in [0.5, 0.6) is 17.2 Å². The van der Waals surface area contributed by atoms with Crippen LogP contribution < -0.4 is 14.2 Å². The van der Waals surface area contributed by atoms with Crippen LogP contribution in [0.15, 0.2) is 97.6 Å². The van der Waals surface area contributed by atoms with Crippen LogP contribution in [0, 0.1) is 0 Å². The largest absolute Gasteiger partial charge is 0.426 e. The van der Waals surface area contributed by atoms with Gasteiger partial charge in [0, 0.05) is 20.8 Å². The fourth-order valence-corrected chi connectivity index (χ4v) is 3.36. The molecule has 3 aromatic rings. The maximum Gasteiger partial charge on any atom is 0.308 e. The van der Waals surface area contributed by atoms with Crippen molar-refractivity contribution in [3.8, 4) is 17.2 Å². The Morgan fingerprint density at radius 2 is 0.865 bits per heavy atom. The second-order valence-electron chi connectivity index (χ2n) is 7.98. The van der Waals surface area contributed by atoms with E-state index in [-0.39, 0.29) is 17.9 Å². The van der Waals surface area contributed by atoms with E-state index in [1.807, 2.05) is 66.7 Å². The van der Waals surface area contributed by atoms with Crippen molar-refractivity contribution in [2.75, 3.05) is 0 Å². The minimum atomic E-state index is -0.332. The zero-order valence-electron chi connectivity index (χ0n) is 21.4. The summed E-state index contributed by atoms with van der Waals surface area (Å²) in [5.74, 6) is 0.819. The number of rotatable bonds is 9. The third kappa shape index (κ3) is 10.8. The van der Waals surface area contributed by atoms with Crippen molar-refractivity contribution in [1.82, 2.24) is 0 Å². The number of carbonyl (C=O) groups excluding carboxylic acids is 3. The zero-order chi connectivity index (χ0) is 27.0. The lowest BCUT2D eigenvalue weighted by molar-refractivity contribution is -0.132. The Hall–Kier alpha value is -4.45. The average Bonchev–Trinajstić information content (AvgIpc) is 2.84. The van der Waals surface area contributed by atoms with Gasteiger partial charge in [0.15, 0.2) is 0 Å². The molecule has 0 aliphatic rings. The molecule has 0 saturated carbocycles. The van der Waals surface area contributed by atoms with E-state index < -0.39 is 0 Å². The van der Waals surface area contributed by atoms with Gasteiger partial charge in [0.25, 0.3) is 0 Å². The predicted octanol–water partition coefficient (Wildman–Crippen LogP) is 6.22. The van der Waals surface area contributed by atoms with Gasteiger partial charge in [0.1, 0.15) is 17.2 Å². The Kier molecular flexibility index (Phi) is 12.1. The van der Waals surface area contributed by atoms with E-state index in [1.54, 1.807) is 24.3 Å². The lowest BCUT2D eigenvalue weighted by Crippen LogP contribution is -2.04. The highest BCUT2D eigenvalue weighted by atomic mass is 16.5. The summed E-state index contributed by atoms with van der Waals surface area (Å²) >= 11 is 0. The van der Waals surface area contributed by atoms with E-state index in [0.29, 0.717) is 36.5 Å². The molecular weight excluding hydrogens is 468 g/mol. The molecule has 0 spiro atoms. The molecule has 0 N–H and O–H groups in total. The molecule has 0 atom stereocenters. The molecule has 0 unspecified atom stereocenters. The third-order valence-electron chi connectivity index (χ3n) is 4.89. The second-order valence-corrected chi connectivity index (χ2v) is 7.98. The van der Waals surface area contributed by atoms with Crippen LogP contribution in [0.3, 0.4) is 0 Å². The minimum Gasteiger partial charge on any atom is -0.426 e. The fourth-order valence-electron chi connectivity index (χ4n) is 3.36. The van der Waals surface area contributed by atoms with Gasteiger partial charge in [-0.15, -0.1) is 6.58 Å². The summed E-state index contributed by atoms with van der Waals surface area (Å²) in [6.07, 6.45) is 7.81. The standard InChI is InChI=1S/C20H20O4.C11H12O2/c1-15(21)23-19-13-7-5-11-17(19)9-3-4-10-18-12-6-8-14-20(18)24-16(2)22;1-3-6-10-7-4-5-8-11(10)13-9(2)12/h3-8,11-14H,9-10H2,1-2H3;3-5,7-8H,1,6H2,2H3. The second kappa shape index (κ2) is 15.5. The molecule has 0 bridgehead atoms. The van der Waals surface area contributed by atoms with Crippen LogP contribution in [0.4, 0.5) is 0 Å². The number of hydrogen-bond donors (Lipinski definition) is 0. The fraction of sp³-hybridized carbons (Fsp3) is 0.194. The van der Waals surface area contributed by atoms with E-state index in [1.165, 1.54) is 20.8 Å². The van der Waals surface area contributed by atoms with Crippen LogP contribution in [0.2, 0.25) is 0 Å². The Morgan fingerprint density at radius 1 is 0.568 bits per heavy atom. The lowest BCUT2D eigenvalue weighted by Gasteiger charge is -2.07. The first-order chi connectivity index (χ1) is 17.8. The van der Waals surface area contributed by atoms with Gasteiger partial charge >= 0.3 is 17.9 Å².